The van der Waals surface area contributed by atoms with E-state index in [4.69, 9.17) is 9.72 Å². The lowest BCUT2D eigenvalue weighted by Crippen LogP contribution is -2.57. The number of ether oxygens (including phenoxy) is 1. The van der Waals surface area contributed by atoms with Crippen LogP contribution in [0.15, 0.2) is 49.3 Å². The van der Waals surface area contributed by atoms with Gasteiger partial charge in [-0.25, -0.2) is 22.8 Å². The van der Waals surface area contributed by atoms with Gasteiger partial charge in [-0.2, -0.15) is 4.98 Å². The van der Waals surface area contributed by atoms with Gasteiger partial charge in [0.2, 0.25) is 11.9 Å². The van der Waals surface area contributed by atoms with Gasteiger partial charge in [0.15, 0.2) is 0 Å². The molecule has 1 aromatic carbocycles. The molecule has 0 spiro atoms. The fourth-order valence-corrected chi connectivity index (χ4v) is 8.27. The number of carbonyl (C=O) groups is 1. The molecule has 0 radical (unpaired) electrons. The molecule has 5 heterocycles. The summed E-state index contributed by atoms with van der Waals surface area (Å²) >= 11 is 0. The largest absolute Gasteiger partial charge is 0.378 e. The molecule has 46 heavy (non-hydrogen) atoms. The number of rotatable bonds is 9. The molecule has 0 saturated carbocycles. The highest BCUT2D eigenvalue weighted by molar-refractivity contribution is 7.90. The van der Waals surface area contributed by atoms with E-state index in [1.54, 1.807) is 12.3 Å². The van der Waals surface area contributed by atoms with Gasteiger partial charge in [-0.15, -0.1) is 0 Å². The first-order valence-corrected chi connectivity index (χ1v) is 17.9. The first-order chi connectivity index (χ1) is 22.1. The van der Waals surface area contributed by atoms with Crippen LogP contribution in [-0.2, 0) is 19.4 Å². The number of pyridine rings is 1. The van der Waals surface area contributed by atoms with Crippen molar-refractivity contribution in [2.75, 3.05) is 60.4 Å². The second-order valence-corrected chi connectivity index (χ2v) is 14.9. The number of benzene rings is 1. The van der Waals surface area contributed by atoms with E-state index in [1.807, 2.05) is 22.1 Å². The number of carbonyl (C=O) groups excluding carboxylic acids is 1. The zero-order valence-corrected chi connectivity index (χ0v) is 27.4. The van der Waals surface area contributed by atoms with Gasteiger partial charge in [-0.05, 0) is 67.8 Å². The monoisotopic (exact) mass is 651 g/mol. The van der Waals surface area contributed by atoms with Crippen LogP contribution in [0.3, 0.4) is 0 Å². The summed E-state index contributed by atoms with van der Waals surface area (Å²) in [4.78, 5) is 32.7. The van der Waals surface area contributed by atoms with Crippen LogP contribution in [-0.4, -0.2) is 97.8 Å². The summed E-state index contributed by atoms with van der Waals surface area (Å²) in [6.45, 7) is 7.84. The number of nitrogens with one attached hydrogen (secondary N) is 1. The van der Waals surface area contributed by atoms with Crippen LogP contribution in [0, 0.1) is 5.92 Å². The van der Waals surface area contributed by atoms with Gasteiger partial charge in [0.1, 0.15) is 27.6 Å². The molecule has 3 aliphatic heterocycles. The Hall–Kier alpha value is -3.84. The molecular formula is C33H42FN7O4S. The number of alkyl halides is 1. The topological polar surface area (TPSA) is 121 Å². The van der Waals surface area contributed by atoms with E-state index in [0.29, 0.717) is 43.6 Å². The Morgan fingerprint density at radius 3 is 2.67 bits per heavy atom. The molecule has 3 aliphatic rings. The second-order valence-electron chi connectivity index (χ2n) is 12.7. The number of likely N-dealkylation sites (tertiary alicyclic amines) is 1. The van der Waals surface area contributed by atoms with Crippen molar-refractivity contribution >= 4 is 49.8 Å². The normalized spacial score (nSPS) is 25.3. The maximum absolute atomic E-state index is 14.6. The van der Waals surface area contributed by atoms with Crippen LogP contribution < -0.4 is 15.1 Å². The first-order valence-electron chi connectivity index (χ1n) is 15.9. The van der Waals surface area contributed by atoms with Crippen molar-refractivity contribution in [1.29, 1.82) is 0 Å². The molecule has 2 aromatic heterocycles. The van der Waals surface area contributed by atoms with Crippen LogP contribution in [0.2, 0.25) is 0 Å². The molecule has 0 aliphatic carbocycles. The van der Waals surface area contributed by atoms with Crippen molar-refractivity contribution in [2.45, 2.75) is 57.0 Å². The van der Waals surface area contributed by atoms with E-state index in [1.165, 1.54) is 19.4 Å². The van der Waals surface area contributed by atoms with Crippen LogP contribution in [0.5, 0.6) is 0 Å². The van der Waals surface area contributed by atoms with E-state index < -0.39 is 22.1 Å². The lowest BCUT2D eigenvalue weighted by molar-refractivity contribution is -0.129. The van der Waals surface area contributed by atoms with Crippen LogP contribution >= 0.6 is 0 Å². The zero-order valence-electron chi connectivity index (χ0n) is 26.6. The minimum atomic E-state index is -3.09. The van der Waals surface area contributed by atoms with Crippen molar-refractivity contribution < 1.29 is 22.3 Å². The predicted octanol–water partition coefficient (Wildman–Crippen LogP) is 4.44. The zero-order chi connectivity index (χ0) is 32.6. The van der Waals surface area contributed by atoms with Gasteiger partial charge in [0, 0.05) is 68.4 Å². The number of fused-ring (bicyclic) bond motifs is 1. The molecule has 1 amide bonds. The molecule has 3 fully saturated rings. The lowest BCUT2D eigenvalue weighted by Gasteiger charge is -2.48. The summed E-state index contributed by atoms with van der Waals surface area (Å²) in [6.07, 6.45) is 7.91. The Balaban J connectivity index is 1.34. The van der Waals surface area contributed by atoms with Crippen molar-refractivity contribution in [1.82, 2.24) is 19.9 Å². The average Bonchev–Trinajstić information content (AvgIpc) is 3.05. The van der Waals surface area contributed by atoms with Crippen molar-refractivity contribution in [2.24, 2.45) is 5.92 Å². The maximum Gasteiger partial charge on any atom is 0.246 e. The number of sulfone groups is 1. The summed E-state index contributed by atoms with van der Waals surface area (Å²) < 4.78 is 43.8. The Labute approximate surface area is 269 Å². The molecule has 3 saturated heterocycles. The van der Waals surface area contributed by atoms with Crippen molar-refractivity contribution in [3.05, 3.63) is 54.9 Å². The molecule has 6 rings (SSSR count). The Morgan fingerprint density at radius 2 is 1.96 bits per heavy atom. The number of amides is 1. The quantitative estimate of drug-likeness (QED) is 0.333. The van der Waals surface area contributed by atoms with Crippen LogP contribution in [0.4, 0.5) is 27.7 Å². The van der Waals surface area contributed by atoms with E-state index in [2.05, 4.69) is 45.8 Å². The van der Waals surface area contributed by atoms with Gasteiger partial charge in [-0.3, -0.25) is 4.79 Å². The van der Waals surface area contributed by atoms with E-state index >= 15 is 0 Å². The minimum absolute atomic E-state index is 0.0485. The third kappa shape index (κ3) is 6.52. The molecule has 0 bridgehead atoms. The Morgan fingerprint density at radius 1 is 1.13 bits per heavy atom. The average molecular weight is 652 g/mol. The number of piperidine rings is 2. The number of halogens is 1. The Kier molecular flexibility index (Phi) is 9.15. The maximum atomic E-state index is 14.6. The van der Waals surface area contributed by atoms with E-state index in [-0.39, 0.29) is 36.2 Å². The number of aromatic nitrogens is 3. The summed E-state index contributed by atoms with van der Waals surface area (Å²) in [5.41, 5.74) is 2.01. The molecular weight excluding hydrogens is 609 g/mol. The SMILES string of the molecule is C=CC(=O)N1CCCC[C@@H]1c1ccc(N2C[C@H](CS(C)(=O)=O)[C@H]2C)c2cnc(Nc3ccnc(N4CC[C@H](OC)[C@H](F)C4)n3)cc12. The smallest absolute Gasteiger partial charge is 0.246 e. The summed E-state index contributed by atoms with van der Waals surface area (Å²) in [5, 5.41) is 5.21. The third-order valence-corrected chi connectivity index (χ3v) is 10.7. The summed E-state index contributed by atoms with van der Waals surface area (Å²) in [7, 11) is -1.56. The van der Waals surface area contributed by atoms with Gasteiger partial charge >= 0.3 is 0 Å². The Bertz CT molecular complexity index is 1720. The highest BCUT2D eigenvalue weighted by Crippen LogP contribution is 2.42. The summed E-state index contributed by atoms with van der Waals surface area (Å²) in [5.74, 6) is 1.65. The van der Waals surface area contributed by atoms with Crippen molar-refractivity contribution in [3.63, 3.8) is 0 Å². The molecule has 13 heteroatoms. The highest BCUT2D eigenvalue weighted by atomic mass is 32.2. The number of nitrogens with zero attached hydrogens (tertiary/aromatic N) is 6. The lowest BCUT2D eigenvalue weighted by atomic mass is 9.87. The third-order valence-electron chi connectivity index (χ3n) is 9.63. The number of methoxy groups -OCH3 is 1. The van der Waals surface area contributed by atoms with Gasteiger partial charge in [0.25, 0.3) is 0 Å². The summed E-state index contributed by atoms with van der Waals surface area (Å²) in [6, 6.07) is 7.83. The van der Waals surface area contributed by atoms with Crippen LogP contribution in [0.1, 0.15) is 44.2 Å². The number of hydrogen-bond donors (Lipinski definition) is 1. The van der Waals surface area contributed by atoms with Gasteiger partial charge < -0.3 is 24.8 Å². The van der Waals surface area contributed by atoms with E-state index in [0.717, 1.165) is 41.3 Å². The van der Waals surface area contributed by atoms with Gasteiger partial charge in [-0.1, -0.05) is 12.6 Å². The number of hydrogen-bond acceptors (Lipinski definition) is 10. The fourth-order valence-electron chi connectivity index (χ4n) is 7.11. The molecule has 11 nitrogen and oxygen atoms in total. The van der Waals surface area contributed by atoms with Crippen LogP contribution in [0.25, 0.3) is 10.8 Å². The molecule has 1 N–H and O–H groups in total. The minimum Gasteiger partial charge on any atom is -0.378 e. The van der Waals surface area contributed by atoms with Crippen molar-refractivity contribution in [3.8, 4) is 0 Å². The molecule has 5 atom stereocenters. The standard InChI is InChI=1S/C33H42FN7O4S/c1-5-32(42)40-14-7-6-8-27(40)23-9-10-28(41-18-22(21(41)2)20-46(4,43)44)25-17-36-31(16-24(23)25)37-30-11-13-35-33(38-30)39-15-12-29(45-3)26(34)19-39/h5,9-11,13,16-17,21-22,26-27,29H,1,6-8,12,14-15,18-20H2,2-4H3,(H,35,36,37,38)/t21-,22-,26-,27-,29+/m1/s1. The highest BCUT2D eigenvalue weighted by Gasteiger charge is 2.39. The predicted molar refractivity (Wildman–Crippen MR) is 178 cm³/mol. The second kappa shape index (κ2) is 13.1. The fraction of sp³-hybridized carbons (Fsp3) is 0.515. The van der Waals surface area contributed by atoms with E-state index in [9.17, 15) is 17.6 Å². The van der Waals surface area contributed by atoms with Gasteiger partial charge in [0.05, 0.1) is 24.4 Å². The first kappa shape index (κ1) is 32.1. The molecule has 246 valence electrons. The molecule has 3 aromatic rings. The molecule has 0 unspecified atom stereocenters. The number of anilines is 4.